The van der Waals surface area contributed by atoms with E-state index in [9.17, 15) is 9.59 Å². The van der Waals surface area contributed by atoms with E-state index in [2.05, 4.69) is 4.98 Å². The number of anilines is 1. The summed E-state index contributed by atoms with van der Waals surface area (Å²) in [5, 5.41) is 0.342. The fraction of sp³-hybridized carbons (Fsp3) is 0.375. The number of nitrogen functional groups attached to an aromatic ring is 1. The standard InChI is InChI=1S/C8H10N4O2S/c9-6(13)4-1-2-12(4)7(14)5-3-11-8(10)15-5/h3-4H,1-2H2,(H2,9,13)(H2,10,11). The molecule has 0 spiro atoms. The molecule has 1 saturated heterocycles. The van der Waals surface area contributed by atoms with E-state index in [0.717, 1.165) is 11.3 Å². The first-order chi connectivity index (χ1) is 7.09. The number of likely N-dealkylation sites (tertiary alicyclic amines) is 1. The van der Waals surface area contributed by atoms with Crippen molar-refractivity contribution in [2.45, 2.75) is 12.5 Å². The van der Waals surface area contributed by atoms with E-state index < -0.39 is 11.9 Å². The molecule has 1 atom stereocenters. The van der Waals surface area contributed by atoms with Gasteiger partial charge in [0.1, 0.15) is 10.9 Å². The molecule has 1 aromatic rings. The summed E-state index contributed by atoms with van der Waals surface area (Å²) in [6.45, 7) is 0.560. The van der Waals surface area contributed by atoms with Crippen molar-refractivity contribution in [1.29, 1.82) is 0 Å². The lowest BCUT2D eigenvalue weighted by molar-refractivity contribution is -0.125. The number of nitrogens with two attached hydrogens (primary N) is 2. The van der Waals surface area contributed by atoms with Crippen molar-refractivity contribution in [2.75, 3.05) is 12.3 Å². The molecular formula is C8H10N4O2S. The molecule has 0 aromatic carbocycles. The van der Waals surface area contributed by atoms with E-state index in [0.29, 0.717) is 23.0 Å². The third kappa shape index (κ3) is 1.65. The zero-order chi connectivity index (χ0) is 11.0. The van der Waals surface area contributed by atoms with Gasteiger partial charge in [-0.2, -0.15) is 0 Å². The number of hydrogen-bond acceptors (Lipinski definition) is 5. The molecule has 0 radical (unpaired) electrons. The lowest BCUT2D eigenvalue weighted by Gasteiger charge is -2.38. The van der Waals surface area contributed by atoms with Gasteiger partial charge in [-0.3, -0.25) is 9.59 Å². The number of carbonyl (C=O) groups excluding carboxylic acids is 2. The van der Waals surface area contributed by atoms with Crippen molar-refractivity contribution >= 4 is 28.3 Å². The second-order valence-electron chi connectivity index (χ2n) is 3.27. The molecule has 0 bridgehead atoms. The van der Waals surface area contributed by atoms with Crippen molar-refractivity contribution < 1.29 is 9.59 Å². The SMILES string of the molecule is NC(=O)C1CCN1C(=O)c1cnc(N)s1. The Balaban J connectivity index is 2.12. The Morgan fingerprint density at radius 3 is 2.73 bits per heavy atom. The molecule has 0 saturated carbocycles. The highest BCUT2D eigenvalue weighted by Gasteiger charge is 2.37. The summed E-state index contributed by atoms with van der Waals surface area (Å²) in [6, 6.07) is -0.471. The number of hydrogen-bond donors (Lipinski definition) is 2. The molecule has 1 aliphatic rings. The highest BCUT2D eigenvalue weighted by Crippen LogP contribution is 2.23. The van der Waals surface area contributed by atoms with Gasteiger partial charge in [0.2, 0.25) is 5.91 Å². The van der Waals surface area contributed by atoms with E-state index >= 15 is 0 Å². The van der Waals surface area contributed by atoms with Crippen LogP contribution in [-0.2, 0) is 4.79 Å². The van der Waals surface area contributed by atoms with E-state index in [1.165, 1.54) is 11.1 Å². The van der Waals surface area contributed by atoms with Gasteiger partial charge in [0.05, 0.1) is 6.20 Å². The van der Waals surface area contributed by atoms with Gasteiger partial charge >= 0.3 is 0 Å². The number of rotatable bonds is 2. The van der Waals surface area contributed by atoms with Crippen molar-refractivity contribution in [2.24, 2.45) is 5.73 Å². The van der Waals surface area contributed by atoms with Crippen molar-refractivity contribution in [3.63, 3.8) is 0 Å². The van der Waals surface area contributed by atoms with Crippen LogP contribution in [0, 0.1) is 0 Å². The molecule has 1 aliphatic heterocycles. The Morgan fingerprint density at radius 2 is 2.33 bits per heavy atom. The fourth-order valence-corrected chi connectivity index (χ4v) is 2.09. The molecule has 15 heavy (non-hydrogen) atoms. The second-order valence-corrected chi connectivity index (χ2v) is 4.33. The minimum absolute atomic E-state index is 0.223. The van der Waals surface area contributed by atoms with Crippen LogP contribution in [0.5, 0.6) is 0 Å². The van der Waals surface area contributed by atoms with Crippen molar-refractivity contribution in [1.82, 2.24) is 9.88 Å². The summed E-state index contributed by atoms with van der Waals surface area (Å²) < 4.78 is 0. The molecule has 2 heterocycles. The van der Waals surface area contributed by atoms with Crippen LogP contribution < -0.4 is 11.5 Å². The topological polar surface area (TPSA) is 102 Å². The third-order valence-electron chi connectivity index (χ3n) is 2.34. The minimum Gasteiger partial charge on any atom is -0.375 e. The smallest absolute Gasteiger partial charge is 0.266 e. The summed E-state index contributed by atoms with van der Waals surface area (Å²) in [5.41, 5.74) is 10.6. The molecule has 1 fully saturated rings. The average molecular weight is 226 g/mol. The zero-order valence-corrected chi connectivity index (χ0v) is 8.66. The average Bonchev–Trinajstić information content (AvgIpc) is 2.48. The van der Waals surface area contributed by atoms with Gasteiger partial charge in [-0.05, 0) is 6.42 Å². The predicted molar refractivity (Wildman–Crippen MR) is 55.2 cm³/mol. The van der Waals surface area contributed by atoms with Gasteiger partial charge in [-0.1, -0.05) is 11.3 Å². The molecule has 2 rings (SSSR count). The monoisotopic (exact) mass is 226 g/mol. The van der Waals surface area contributed by atoms with Crippen LogP contribution in [0.3, 0.4) is 0 Å². The largest absolute Gasteiger partial charge is 0.375 e. The van der Waals surface area contributed by atoms with Gasteiger partial charge in [-0.25, -0.2) is 4.98 Å². The first-order valence-electron chi connectivity index (χ1n) is 4.41. The maximum atomic E-state index is 11.8. The molecule has 0 aliphatic carbocycles. The molecule has 7 heteroatoms. The molecule has 6 nitrogen and oxygen atoms in total. The first kappa shape index (κ1) is 9.91. The summed E-state index contributed by atoms with van der Waals surface area (Å²) >= 11 is 1.11. The Bertz CT molecular complexity index is 417. The number of aromatic nitrogens is 1. The maximum absolute atomic E-state index is 11.8. The van der Waals surface area contributed by atoms with Crippen LogP contribution in [0.1, 0.15) is 16.1 Å². The number of primary amides is 1. The summed E-state index contributed by atoms with van der Waals surface area (Å²) in [6.07, 6.45) is 2.05. The Hall–Kier alpha value is -1.63. The van der Waals surface area contributed by atoms with Crippen LogP contribution in [-0.4, -0.2) is 34.3 Å². The Kier molecular flexibility index (Phi) is 2.31. The van der Waals surface area contributed by atoms with Crippen LogP contribution in [0.4, 0.5) is 5.13 Å². The molecule has 1 unspecified atom stereocenters. The lowest BCUT2D eigenvalue weighted by Crippen LogP contribution is -2.57. The summed E-state index contributed by atoms with van der Waals surface area (Å²) in [5.74, 6) is -0.689. The van der Waals surface area contributed by atoms with Crippen LogP contribution >= 0.6 is 11.3 Å². The van der Waals surface area contributed by atoms with Crippen LogP contribution in [0.15, 0.2) is 6.20 Å². The molecular weight excluding hydrogens is 216 g/mol. The quantitative estimate of drug-likeness (QED) is 0.704. The van der Waals surface area contributed by atoms with Crippen molar-refractivity contribution in [3.05, 3.63) is 11.1 Å². The predicted octanol–water partition coefficient (Wildman–Crippen LogP) is -0.575. The summed E-state index contributed by atoms with van der Waals surface area (Å²) in [4.78, 5) is 28.4. The van der Waals surface area contributed by atoms with E-state index in [1.54, 1.807) is 0 Å². The van der Waals surface area contributed by atoms with Crippen LogP contribution in [0.2, 0.25) is 0 Å². The third-order valence-corrected chi connectivity index (χ3v) is 3.16. The Morgan fingerprint density at radius 1 is 1.60 bits per heavy atom. The van der Waals surface area contributed by atoms with E-state index in [-0.39, 0.29) is 5.91 Å². The van der Waals surface area contributed by atoms with Gasteiger partial charge in [0.15, 0.2) is 5.13 Å². The van der Waals surface area contributed by atoms with Gasteiger partial charge in [0, 0.05) is 6.54 Å². The highest BCUT2D eigenvalue weighted by molar-refractivity contribution is 7.17. The second kappa shape index (κ2) is 3.50. The first-order valence-corrected chi connectivity index (χ1v) is 5.23. The molecule has 2 amide bonds. The van der Waals surface area contributed by atoms with Crippen LogP contribution in [0.25, 0.3) is 0 Å². The molecule has 80 valence electrons. The number of thiazole rings is 1. The van der Waals surface area contributed by atoms with Gasteiger partial charge < -0.3 is 16.4 Å². The normalized spacial score (nSPS) is 19.7. The van der Waals surface area contributed by atoms with Gasteiger partial charge in [-0.15, -0.1) is 0 Å². The Labute approximate surface area is 89.9 Å². The van der Waals surface area contributed by atoms with Crippen molar-refractivity contribution in [3.8, 4) is 0 Å². The zero-order valence-electron chi connectivity index (χ0n) is 7.84. The van der Waals surface area contributed by atoms with Gasteiger partial charge in [0.25, 0.3) is 5.91 Å². The number of nitrogens with zero attached hydrogens (tertiary/aromatic N) is 2. The fourth-order valence-electron chi connectivity index (χ4n) is 1.45. The maximum Gasteiger partial charge on any atom is 0.266 e. The molecule has 1 aromatic heterocycles. The van der Waals surface area contributed by atoms with E-state index in [1.807, 2.05) is 0 Å². The number of carbonyl (C=O) groups is 2. The number of amides is 2. The minimum atomic E-state index is -0.471. The van der Waals surface area contributed by atoms with E-state index in [4.69, 9.17) is 11.5 Å². The molecule has 4 N–H and O–H groups in total. The highest BCUT2D eigenvalue weighted by atomic mass is 32.1. The lowest BCUT2D eigenvalue weighted by atomic mass is 10.0. The summed E-state index contributed by atoms with van der Waals surface area (Å²) in [7, 11) is 0.